The number of anilines is 1. The second-order valence-electron chi connectivity index (χ2n) is 6.92. The molecule has 0 radical (unpaired) electrons. The van der Waals surface area contributed by atoms with Crippen LogP contribution in [0.3, 0.4) is 0 Å². The zero-order chi connectivity index (χ0) is 20.0. The lowest BCUT2D eigenvalue weighted by molar-refractivity contribution is 0.174. The van der Waals surface area contributed by atoms with Crippen LogP contribution >= 0.6 is 0 Å². The number of rotatable bonds is 3. The Bertz CT molecular complexity index is 1250. The van der Waals surface area contributed by atoms with Gasteiger partial charge in [-0.25, -0.2) is 9.97 Å². The molecule has 0 aliphatic carbocycles. The fourth-order valence-electron chi connectivity index (χ4n) is 3.66. The van der Waals surface area contributed by atoms with Crippen molar-refractivity contribution >= 4 is 16.7 Å². The second-order valence-corrected chi connectivity index (χ2v) is 6.92. The molecule has 0 spiro atoms. The average Bonchev–Trinajstić information content (AvgIpc) is 3.22. The molecule has 6 heteroatoms. The molecule has 2 N–H and O–H groups in total. The van der Waals surface area contributed by atoms with Crippen LogP contribution in [0.4, 0.5) is 5.82 Å². The number of pyridine rings is 2. The first-order valence-electron chi connectivity index (χ1n) is 9.24. The predicted octanol–water partition coefficient (Wildman–Crippen LogP) is 4.59. The molecule has 0 saturated carbocycles. The van der Waals surface area contributed by atoms with Gasteiger partial charge in [0.1, 0.15) is 5.82 Å². The van der Waals surface area contributed by atoms with Crippen molar-refractivity contribution < 1.29 is 14.2 Å². The van der Waals surface area contributed by atoms with E-state index >= 15 is 0 Å². The van der Waals surface area contributed by atoms with E-state index in [1.54, 1.807) is 7.11 Å². The summed E-state index contributed by atoms with van der Waals surface area (Å²) >= 11 is 0. The van der Waals surface area contributed by atoms with Crippen molar-refractivity contribution in [3.8, 4) is 39.6 Å². The Balaban J connectivity index is 1.64. The van der Waals surface area contributed by atoms with Gasteiger partial charge in [-0.2, -0.15) is 0 Å². The van der Waals surface area contributed by atoms with E-state index in [0.717, 1.165) is 44.5 Å². The monoisotopic (exact) mass is 385 g/mol. The first-order valence-corrected chi connectivity index (χ1v) is 9.24. The zero-order valence-electron chi connectivity index (χ0n) is 16.1. The van der Waals surface area contributed by atoms with Crippen LogP contribution in [0.1, 0.15) is 5.56 Å². The second kappa shape index (κ2) is 6.67. The number of benzene rings is 2. The maximum absolute atomic E-state index is 6.28. The summed E-state index contributed by atoms with van der Waals surface area (Å²) in [6.07, 6.45) is 1.81. The van der Waals surface area contributed by atoms with Gasteiger partial charge in [-0.1, -0.05) is 18.2 Å². The Morgan fingerprint density at radius 3 is 2.72 bits per heavy atom. The summed E-state index contributed by atoms with van der Waals surface area (Å²) in [5.74, 6) is 2.50. The molecule has 0 amide bonds. The smallest absolute Gasteiger partial charge is 0.231 e. The summed E-state index contributed by atoms with van der Waals surface area (Å²) in [5.41, 5.74) is 11.9. The van der Waals surface area contributed by atoms with Crippen LogP contribution in [-0.2, 0) is 0 Å². The largest absolute Gasteiger partial charge is 0.481 e. The Hall–Kier alpha value is -3.80. The molecule has 2 aromatic heterocycles. The number of hydrogen-bond donors (Lipinski definition) is 1. The fraction of sp³-hybridized carbons (Fsp3) is 0.130. The highest BCUT2D eigenvalue weighted by Gasteiger charge is 2.20. The van der Waals surface area contributed by atoms with Gasteiger partial charge in [-0.05, 0) is 42.8 Å². The molecular formula is C23H19N3O3. The number of nitrogen functional groups attached to an aromatic ring is 1. The molecule has 6 nitrogen and oxygen atoms in total. The van der Waals surface area contributed by atoms with Crippen LogP contribution < -0.4 is 19.9 Å². The van der Waals surface area contributed by atoms with Crippen LogP contribution in [0.15, 0.2) is 54.7 Å². The minimum Gasteiger partial charge on any atom is -0.481 e. The molecule has 0 fully saturated rings. The topological polar surface area (TPSA) is 79.5 Å². The van der Waals surface area contributed by atoms with Crippen LogP contribution in [0.25, 0.3) is 33.2 Å². The number of nitrogens with two attached hydrogens (primary N) is 1. The molecule has 0 saturated heterocycles. The summed E-state index contributed by atoms with van der Waals surface area (Å²) < 4.78 is 16.4. The van der Waals surface area contributed by atoms with Crippen LogP contribution in [0.5, 0.6) is 17.4 Å². The lowest BCUT2D eigenvalue weighted by atomic mass is 9.99. The van der Waals surface area contributed by atoms with Gasteiger partial charge >= 0.3 is 0 Å². The SMILES string of the molecule is COc1ncc(-c2ccc3nc(N)c(-c4cccc5c4OCO5)cc3c2)cc1C. The summed E-state index contributed by atoms with van der Waals surface area (Å²) in [6, 6.07) is 16.0. The molecule has 0 unspecified atom stereocenters. The lowest BCUT2D eigenvalue weighted by Crippen LogP contribution is -1.97. The number of para-hydroxylation sites is 1. The van der Waals surface area contributed by atoms with E-state index in [4.69, 9.17) is 19.9 Å². The number of aromatic nitrogens is 2. The van der Waals surface area contributed by atoms with Crippen molar-refractivity contribution in [2.24, 2.45) is 0 Å². The number of methoxy groups -OCH3 is 1. The van der Waals surface area contributed by atoms with E-state index in [2.05, 4.69) is 22.1 Å². The number of aryl methyl sites for hydroxylation is 1. The highest BCUT2D eigenvalue weighted by atomic mass is 16.7. The summed E-state index contributed by atoms with van der Waals surface area (Å²) in [5, 5.41) is 0.983. The highest BCUT2D eigenvalue weighted by molar-refractivity contribution is 5.93. The van der Waals surface area contributed by atoms with Gasteiger partial charge in [0.25, 0.3) is 0 Å². The van der Waals surface area contributed by atoms with Crippen molar-refractivity contribution in [1.82, 2.24) is 9.97 Å². The van der Waals surface area contributed by atoms with Crippen LogP contribution in [-0.4, -0.2) is 23.9 Å². The molecule has 29 heavy (non-hydrogen) atoms. The molecule has 3 heterocycles. The van der Waals surface area contributed by atoms with E-state index in [1.165, 1.54) is 0 Å². The van der Waals surface area contributed by atoms with Gasteiger partial charge in [-0.15, -0.1) is 0 Å². The molecule has 1 aliphatic heterocycles. The molecule has 5 rings (SSSR count). The molecule has 144 valence electrons. The maximum atomic E-state index is 6.28. The van der Waals surface area contributed by atoms with Crippen molar-refractivity contribution in [3.63, 3.8) is 0 Å². The summed E-state index contributed by atoms with van der Waals surface area (Å²) in [7, 11) is 1.62. The van der Waals surface area contributed by atoms with Crippen molar-refractivity contribution in [2.45, 2.75) is 6.92 Å². The van der Waals surface area contributed by atoms with Crippen LogP contribution in [0, 0.1) is 6.92 Å². The van der Waals surface area contributed by atoms with Gasteiger partial charge in [0.05, 0.1) is 12.6 Å². The van der Waals surface area contributed by atoms with E-state index in [0.29, 0.717) is 17.4 Å². The Morgan fingerprint density at radius 1 is 1.00 bits per heavy atom. The Kier molecular flexibility index (Phi) is 3.98. The van der Waals surface area contributed by atoms with Crippen molar-refractivity contribution in [3.05, 3.63) is 60.3 Å². The van der Waals surface area contributed by atoms with E-state index in [1.807, 2.05) is 49.5 Å². The van der Waals surface area contributed by atoms with Crippen LogP contribution in [0.2, 0.25) is 0 Å². The van der Waals surface area contributed by atoms with Gasteiger partial charge in [0, 0.05) is 33.8 Å². The molecule has 1 aliphatic rings. The first kappa shape index (κ1) is 17.3. The molecule has 0 bridgehead atoms. The minimum atomic E-state index is 0.210. The quantitative estimate of drug-likeness (QED) is 0.556. The molecule has 4 aromatic rings. The molecular weight excluding hydrogens is 366 g/mol. The van der Waals surface area contributed by atoms with Gasteiger partial charge in [0.2, 0.25) is 12.7 Å². The van der Waals surface area contributed by atoms with E-state index in [-0.39, 0.29) is 6.79 Å². The van der Waals surface area contributed by atoms with Gasteiger partial charge in [-0.3, -0.25) is 0 Å². The van der Waals surface area contributed by atoms with Crippen molar-refractivity contribution in [1.29, 1.82) is 0 Å². The summed E-state index contributed by atoms with van der Waals surface area (Å²) in [4.78, 5) is 8.99. The minimum absolute atomic E-state index is 0.210. The third kappa shape index (κ3) is 2.89. The normalized spacial score (nSPS) is 12.3. The number of hydrogen-bond acceptors (Lipinski definition) is 6. The predicted molar refractivity (Wildman–Crippen MR) is 112 cm³/mol. The third-order valence-corrected chi connectivity index (χ3v) is 5.09. The Morgan fingerprint density at radius 2 is 1.90 bits per heavy atom. The Labute approximate surface area is 167 Å². The number of fused-ring (bicyclic) bond motifs is 2. The van der Waals surface area contributed by atoms with Gasteiger partial charge in [0.15, 0.2) is 11.5 Å². The van der Waals surface area contributed by atoms with Gasteiger partial charge < -0.3 is 19.9 Å². The highest BCUT2D eigenvalue weighted by Crippen LogP contribution is 2.43. The lowest BCUT2D eigenvalue weighted by Gasteiger charge is -2.11. The maximum Gasteiger partial charge on any atom is 0.231 e. The van der Waals surface area contributed by atoms with Crippen molar-refractivity contribution in [2.75, 3.05) is 19.6 Å². The first-order chi connectivity index (χ1) is 14.1. The fourth-order valence-corrected chi connectivity index (χ4v) is 3.66. The van der Waals surface area contributed by atoms with E-state index in [9.17, 15) is 0 Å². The molecule has 0 atom stereocenters. The van der Waals surface area contributed by atoms with E-state index < -0.39 is 0 Å². The standard InChI is InChI=1S/C23H19N3O3/c1-13-8-16(11-25-23(13)27-2)14-6-7-19-15(9-14)10-18(22(24)26-19)17-4-3-5-20-21(17)29-12-28-20/h3-11H,12H2,1-2H3,(H2,24,26). The summed E-state index contributed by atoms with van der Waals surface area (Å²) in [6.45, 7) is 2.19. The zero-order valence-corrected chi connectivity index (χ0v) is 16.1. The number of nitrogens with zero attached hydrogens (tertiary/aromatic N) is 2. The number of ether oxygens (including phenoxy) is 3. The molecule has 2 aromatic carbocycles. The average molecular weight is 385 g/mol. The third-order valence-electron chi connectivity index (χ3n) is 5.09.